The number of halogens is 1. The molecule has 0 saturated carbocycles. The third-order valence-electron chi connectivity index (χ3n) is 2.37. The molecule has 0 N–H and O–H groups in total. The Morgan fingerprint density at radius 2 is 2.16 bits per heavy atom. The Bertz CT molecular complexity index is 560. The summed E-state index contributed by atoms with van der Waals surface area (Å²) in [5.74, 6) is -1.69. The molecule has 1 aromatic heterocycles. The molecule has 106 valence electrons. The third kappa shape index (κ3) is 3.48. The quantitative estimate of drug-likeness (QED) is 0.749. The molecule has 6 nitrogen and oxygen atoms in total. The van der Waals surface area contributed by atoms with Crippen LogP contribution in [0.2, 0.25) is 0 Å². The highest BCUT2D eigenvalue weighted by molar-refractivity contribution is 7.89. The minimum Gasteiger partial charge on any atom is -0.468 e. The molecule has 0 aliphatic carbocycles. The summed E-state index contributed by atoms with van der Waals surface area (Å²) < 4.78 is 43.3. The van der Waals surface area contributed by atoms with Crippen LogP contribution in [0.1, 0.15) is 13.8 Å². The molecule has 0 fully saturated rings. The van der Waals surface area contributed by atoms with E-state index in [0.29, 0.717) is 0 Å². The highest BCUT2D eigenvalue weighted by atomic mass is 32.2. The summed E-state index contributed by atoms with van der Waals surface area (Å²) in [6.07, 6.45) is 1.17. The fourth-order valence-corrected chi connectivity index (χ4v) is 2.97. The summed E-state index contributed by atoms with van der Waals surface area (Å²) in [6.45, 7) is 2.65. The number of carbonyl (C=O) groups is 1. The Morgan fingerprint density at radius 1 is 1.53 bits per heavy atom. The van der Waals surface area contributed by atoms with Gasteiger partial charge in [-0.25, -0.2) is 17.8 Å². The van der Waals surface area contributed by atoms with Crippen LogP contribution in [0.15, 0.2) is 23.4 Å². The Morgan fingerprint density at radius 3 is 2.63 bits per heavy atom. The number of esters is 1. The van der Waals surface area contributed by atoms with Crippen LogP contribution in [0.5, 0.6) is 0 Å². The van der Waals surface area contributed by atoms with Gasteiger partial charge >= 0.3 is 5.97 Å². The average molecular weight is 290 g/mol. The molecule has 19 heavy (non-hydrogen) atoms. The zero-order valence-electron chi connectivity index (χ0n) is 10.8. The molecule has 0 radical (unpaired) electrons. The van der Waals surface area contributed by atoms with Crippen LogP contribution >= 0.6 is 0 Å². The van der Waals surface area contributed by atoms with E-state index in [4.69, 9.17) is 0 Å². The maximum atomic E-state index is 13.5. The van der Waals surface area contributed by atoms with Gasteiger partial charge in [-0.05, 0) is 26.0 Å². The van der Waals surface area contributed by atoms with Crippen molar-refractivity contribution in [1.82, 2.24) is 9.29 Å². The van der Waals surface area contributed by atoms with Crippen LogP contribution in [-0.4, -0.2) is 43.4 Å². The van der Waals surface area contributed by atoms with Gasteiger partial charge in [0, 0.05) is 12.2 Å². The number of carbonyl (C=O) groups excluding carboxylic acids is 1. The molecule has 0 aliphatic rings. The van der Waals surface area contributed by atoms with Gasteiger partial charge in [0.05, 0.1) is 7.11 Å². The van der Waals surface area contributed by atoms with Gasteiger partial charge in [0.2, 0.25) is 5.03 Å². The van der Waals surface area contributed by atoms with Crippen molar-refractivity contribution in [2.24, 2.45) is 0 Å². The van der Waals surface area contributed by atoms with Crippen LogP contribution in [0.3, 0.4) is 0 Å². The predicted molar refractivity (Wildman–Crippen MR) is 65.2 cm³/mol. The molecule has 1 heterocycles. The number of nitrogens with zero attached hydrogens (tertiary/aromatic N) is 2. The van der Waals surface area contributed by atoms with E-state index in [-0.39, 0.29) is 0 Å². The van der Waals surface area contributed by atoms with Crippen LogP contribution < -0.4 is 0 Å². The van der Waals surface area contributed by atoms with E-state index in [1.165, 1.54) is 12.3 Å². The van der Waals surface area contributed by atoms with E-state index in [1.54, 1.807) is 13.8 Å². The Labute approximate surface area is 111 Å². The number of hydrogen-bond donors (Lipinski definition) is 0. The molecular formula is C11H15FN2O4S. The van der Waals surface area contributed by atoms with E-state index < -0.39 is 39.4 Å². The smallest absolute Gasteiger partial charge is 0.321 e. The van der Waals surface area contributed by atoms with Gasteiger partial charge in [-0.2, -0.15) is 4.31 Å². The fourth-order valence-electron chi connectivity index (χ4n) is 1.41. The van der Waals surface area contributed by atoms with Crippen molar-refractivity contribution in [3.05, 3.63) is 24.1 Å². The van der Waals surface area contributed by atoms with E-state index in [1.807, 2.05) is 0 Å². The van der Waals surface area contributed by atoms with Gasteiger partial charge in [-0.1, -0.05) is 0 Å². The number of sulfonamides is 1. The lowest BCUT2D eigenvalue weighted by molar-refractivity contribution is -0.141. The van der Waals surface area contributed by atoms with Gasteiger partial charge in [-0.3, -0.25) is 4.79 Å². The number of ether oxygens (including phenoxy) is 1. The molecule has 1 rings (SSSR count). The van der Waals surface area contributed by atoms with Gasteiger partial charge < -0.3 is 4.74 Å². The number of hydrogen-bond acceptors (Lipinski definition) is 5. The molecule has 0 aromatic carbocycles. The molecule has 0 amide bonds. The molecule has 0 unspecified atom stereocenters. The summed E-state index contributed by atoms with van der Waals surface area (Å²) in [7, 11) is -3.04. The van der Waals surface area contributed by atoms with E-state index in [0.717, 1.165) is 17.5 Å². The van der Waals surface area contributed by atoms with Gasteiger partial charge in [-0.15, -0.1) is 0 Å². The van der Waals surface area contributed by atoms with Crippen molar-refractivity contribution in [1.29, 1.82) is 0 Å². The molecule has 0 saturated heterocycles. The molecular weight excluding hydrogens is 275 g/mol. The molecule has 0 atom stereocenters. The zero-order valence-corrected chi connectivity index (χ0v) is 11.6. The minimum atomic E-state index is -4.19. The summed E-state index contributed by atoms with van der Waals surface area (Å²) >= 11 is 0. The summed E-state index contributed by atoms with van der Waals surface area (Å²) in [4.78, 5) is 14.8. The van der Waals surface area contributed by atoms with Crippen molar-refractivity contribution in [3.63, 3.8) is 0 Å². The first-order valence-corrected chi connectivity index (χ1v) is 6.94. The molecule has 8 heteroatoms. The van der Waals surface area contributed by atoms with Crippen LogP contribution in [-0.2, 0) is 19.6 Å². The van der Waals surface area contributed by atoms with Crippen molar-refractivity contribution in [3.8, 4) is 0 Å². The monoisotopic (exact) mass is 290 g/mol. The standard InChI is InChI=1S/C11H15FN2O4S/c1-8(2)14(7-10(15)18-3)19(16,17)11-9(12)5-4-6-13-11/h4-6,8H,7H2,1-3H3. The maximum absolute atomic E-state index is 13.5. The minimum absolute atomic E-state index is 0.494. The second-order valence-corrected chi connectivity index (χ2v) is 5.82. The van der Waals surface area contributed by atoms with Crippen LogP contribution in [0, 0.1) is 5.82 Å². The lowest BCUT2D eigenvalue weighted by Crippen LogP contribution is -2.41. The highest BCUT2D eigenvalue weighted by Crippen LogP contribution is 2.18. The average Bonchev–Trinajstić information content (AvgIpc) is 2.35. The molecule has 1 aromatic rings. The van der Waals surface area contributed by atoms with Crippen molar-refractivity contribution in [2.45, 2.75) is 24.9 Å². The predicted octanol–water partition coefficient (Wildman–Crippen LogP) is 0.793. The molecule has 0 spiro atoms. The zero-order chi connectivity index (χ0) is 14.6. The summed E-state index contributed by atoms with van der Waals surface area (Å²) in [6, 6.07) is 1.75. The Balaban J connectivity index is 3.21. The maximum Gasteiger partial charge on any atom is 0.321 e. The normalized spacial score (nSPS) is 11.9. The number of pyridine rings is 1. The van der Waals surface area contributed by atoms with Gasteiger partial charge in [0.25, 0.3) is 10.0 Å². The first kappa shape index (κ1) is 15.5. The summed E-state index contributed by atoms with van der Waals surface area (Å²) in [5.41, 5.74) is 0. The second-order valence-electron chi connectivity index (χ2n) is 4.01. The fraction of sp³-hybridized carbons (Fsp3) is 0.455. The van der Waals surface area contributed by atoms with Crippen LogP contribution in [0.25, 0.3) is 0 Å². The largest absolute Gasteiger partial charge is 0.468 e. The Hall–Kier alpha value is -1.54. The second kappa shape index (κ2) is 6.07. The SMILES string of the molecule is COC(=O)CN(C(C)C)S(=O)(=O)c1ncccc1F. The lowest BCUT2D eigenvalue weighted by atomic mass is 10.4. The summed E-state index contributed by atoms with van der Waals surface area (Å²) in [5, 5.41) is -0.701. The van der Waals surface area contributed by atoms with Crippen molar-refractivity contribution >= 4 is 16.0 Å². The van der Waals surface area contributed by atoms with E-state index >= 15 is 0 Å². The lowest BCUT2D eigenvalue weighted by Gasteiger charge is -2.24. The third-order valence-corrected chi connectivity index (χ3v) is 4.32. The van der Waals surface area contributed by atoms with E-state index in [2.05, 4.69) is 9.72 Å². The number of methoxy groups -OCH3 is 1. The number of aromatic nitrogens is 1. The first-order valence-electron chi connectivity index (χ1n) is 5.50. The van der Waals surface area contributed by atoms with E-state index in [9.17, 15) is 17.6 Å². The van der Waals surface area contributed by atoms with Gasteiger partial charge in [0.1, 0.15) is 6.54 Å². The first-order chi connectivity index (χ1) is 8.80. The van der Waals surface area contributed by atoms with Gasteiger partial charge in [0.15, 0.2) is 5.82 Å². The van der Waals surface area contributed by atoms with Crippen molar-refractivity contribution < 1.29 is 22.3 Å². The van der Waals surface area contributed by atoms with Crippen molar-refractivity contribution in [2.75, 3.05) is 13.7 Å². The molecule has 0 bridgehead atoms. The number of rotatable bonds is 5. The highest BCUT2D eigenvalue weighted by Gasteiger charge is 2.32. The molecule has 0 aliphatic heterocycles. The topological polar surface area (TPSA) is 76.6 Å². The Kier molecular flexibility index (Phi) is 4.96. The van der Waals surface area contributed by atoms with Crippen LogP contribution in [0.4, 0.5) is 4.39 Å².